The van der Waals surface area contributed by atoms with E-state index >= 15 is 0 Å². The van der Waals surface area contributed by atoms with Crippen LogP contribution in [0.1, 0.15) is 18.2 Å². The van der Waals surface area contributed by atoms with Crippen molar-refractivity contribution in [2.45, 2.75) is 19.9 Å². The standard InChI is InChI=1S/C14H18N2O2/c1-4-12-11(9-16(3)14(17)15-2)10-7-5-6-8-13(10)18-12/h5-8H,4,9H2,1-3H3,(H,15,17). The average molecular weight is 246 g/mol. The molecule has 1 aromatic heterocycles. The summed E-state index contributed by atoms with van der Waals surface area (Å²) in [6.45, 7) is 2.61. The van der Waals surface area contributed by atoms with Gasteiger partial charge < -0.3 is 14.6 Å². The number of amides is 2. The van der Waals surface area contributed by atoms with Crippen LogP contribution in [-0.2, 0) is 13.0 Å². The summed E-state index contributed by atoms with van der Waals surface area (Å²) in [4.78, 5) is 13.2. The summed E-state index contributed by atoms with van der Waals surface area (Å²) in [6.07, 6.45) is 0.825. The van der Waals surface area contributed by atoms with E-state index < -0.39 is 0 Å². The molecule has 1 N–H and O–H groups in total. The van der Waals surface area contributed by atoms with Gasteiger partial charge in [-0.3, -0.25) is 0 Å². The minimum absolute atomic E-state index is 0.0951. The third-order valence-electron chi connectivity index (χ3n) is 3.06. The first kappa shape index (κ1) is 12.5. The highest BCUT2D eigenvalue weighted by Gasteiger charge is 2.16. The second-order valence-electron chi connectivity index (χ2n) is 4.26. The highest BCUT2D eigenvalue weighted by Crippen LogP contribution is 2.27. The van der Waals surface area contributed by atoms with Crippen LogP contribution in [0.15, 0.2) is 28.7 Å². The maximum atomic E-state index is 11.6. The number of benzene rings is 1. The third kappa shape index (κ3) is 2.18. The summed E-state index contributed by atoms with van der Waals surface area (Å²) < 4.78 is 5.80. The number of carbonyl (C=O) groups is 1. The van der Waals surface area contributed by atoms with Gasteiger partial charge in [0.1, 0.15) is 11.3 Å². The molecule has 4 nitrogen and oxygen atoms in total. The Hall–Kier alpha value is -1.97. The number of carbonyl (C=O) groups excluding carboxylic acids is 1. The molecule has 0 atom stereocenters. The zero-order valence-corrected chi connectivity index (χ0v) is 11.0. The van der Waals surface area contributed by atoms with Gasteiger partial charge in [0.05, 0.1) is 6.54 Å². The Morgan fingerprint density at radius 3 is 2.78 bits per heavy atom. The van der Waals surface area contributed by atoms with Gasteiger partial charge in [-0.2, -0.15) is 0 Å². The second kappa shape index (κ2) is 5.12. The first-order chi connectivity index (χ1) is 8.67. The van der Waals surface area contributed by atoms with E-state index in [0.717, 1.165) is 28.7 Å². The molecule has 0 unspecified atom stereocenters. The molecular weight excluding hydrogens is 228 g/mol. The first-order valence-electron chi connectivity index (χ1n) is 6.09. The minimum atomic E-state index is -0.0951. The van der Waals surface area contributed by atoms with E-state index in [9.17, 15) is 4.79 Å². The largest absolute Gasteiger partial charge is 0.461 e. The molecule has 1 aromatic carbocycles. The van der Waals surface area contributed by atoms with E-state index in [1.807, 2.05) is 24.3 Å². The predicted octanol–water partition coefficient (Wildman–Crippen LogP) is 2.77. The molecule has 0 spiro atoms. The molecule has 4 heteroatoms. The molecule has 2 aromatic rings. The number of urea groups is 1. The lowest BCUT2D eigenvalue weighted by Crippen LogP contribution is -2.34. The maximum absolute atomic E-state index is 11.6. The molecule has 0 aliphatic rings. The lowest BCUT2D eigenvalue weighted by Gasteiger charge is -2.16. The molecule has 96 valence electrons. The van der Waals surface area contributed by atoms with Crippen molar-refractivity contribution < 1.29 is 9.21 Å². The van der Waals surface area contributed by atoms with Gasteiger partial charge in [0.2, 0.25) is 0 Å². The zero-order chi connectivity index (χ0) is 13.1. The van der Waals surface area contributed by atoms with Gasteiger partial charge >= 0.3 is 6.03 Å². The average Bonchev–Trinajstić information content (AvgIpc) is 2.76. The Labute approximate surface area is 107 Å². The number of hydrogen-bond acceptors (Lipinski definition) is 2. The number of para-hydroxylation sites is 1. The molecule has 0 saturated carbocycles. The van der Waals surface area contributed by atoms with Crippen LogP contribution < -0.4 is 5.32 Å². The van der Waals surface area contributed by atoms with E-state index in [0.29, 0.717) is 6.54 Å². The van der Waals surface area contributed by atoms with Crippen LogP contribution in [0.5, 0.6) is 0 Å². The van der Waals surface area contributed by atoms with Crippen molar-refractivity contribution in [3.8, 4) is 0 Å². The SMILES string of the molecule is CCc1oc2ccccc2c1CN(C)C(=O)NC. The van der Waals surface area contributed by atoms with E-state index in [1.165, 1.54) is 0 Å². The highest BCUT2D eigenvalue weighted by atomic mass is 16.3. The number of furan rings is 1. The molecule has 18 heavy (non-hydrogen) atoms. The van der Waals surface area contributed by atoms with Crippen molar-refractivity contribution in [1.82, 2.24) is 10.2 Å². The van der Waals surface area contributed by atoms with Gasteiger partial charge in [0.25, 0.3) is 0 Å². The predicted molar refractivity (Wildman–Crippen MR) is 71.5 cm³/mol. The van der Waals surface area contributed by atoms with Crippen molar-refractivity contribution in [2.75, 3.05) is 14.1 Å². The Bertz CT molecular complexity index is 560. The monoisotopic (exact) mass is 246 g/mol. The van der Waals surface area contributed by atoms with Crippen molar-refractivity contribution in [2.24, 2.45) is 0 Å². The Balaban J connectivity index is 2.39. The van der Waals surface area contributed by atoms with E-state index in [2.05, 4.69) is 12.2 Å². The van der Waals surface area contributed by atoms with Gasteiger partial charge in [-0.1, -0.05) is 25.1 Å². The number of aryl methyl sites for hydroxylation is 1. The van der Waals surface area contributed by atoms with Crippen LogP contribution in [0.25, 0.3) is 11.0 Å². The fourth-order valence-electron chi connectivity index (χ4n) is 2.11. The van der Waals surface area contributed by atoms with Crippen molar-refractivity contribution in [1.29, 1.82) is 0 Å². The first-order valence-corrected chi connectivity index (χ1v) is 6.09. The molecule has 0 aliphatic heterocycles. The van der Waals surface area contributed by atoms with Crippen LogP contribution in [-0.4, -0.2) is 25.0 Å². The molecular formula is C14H18N2O2. The van der Waals surface area contributed by atoms with E-state index in [-0.39, 0.29) is 6.03 Å². The number of rotatable bonds is 3. The summed E-state index contributed by atoms with van der Waals surface area (Å²) in [5.74, 6) is 0.951. The molecule has 2 rings (SSSR count). The third-order valence-corrected chi connectivity index (χ3v) is 3.06. The van der Waals surface area contributed by atoms with Gasteiger partial charge in [0.15, 0.2) is 0 Å². The van der Waals surface area contributed by atoms with Crippen LogP contribution in [0, 0.1) is 0 Å². The molecule has 1 heterocycles. The fraction of sp³-hybridized carbons (Fsp3) is 0.357. The summed E-state index contributed by atoms with van der Waals surface area (Å²) >= 11 is 0. The summed E-state index contributed by atoms with van der Waals surface area (Å²) in [5.41, 5.74) is 1.98. The zero-order valence-electron chi connectivity index (χ0n) is 11.0. The van der Waals surface area contributed by atoms with Gasteiger partial charge in [0, 0.05) is 31.5 Å². The number of nitrogens with one attached hydrogen (secondary N) is 1. The van der Waals surface area contributed by atoms with Gasteiger partial charge in [-0.15, -0.1) is 0 Å². The molecule has 0 saturated heterocycles. The second-order valence-corrected chi connectivity index (χ2v) is 4.26. The summed E-state index contributed by atoms with van der Waals surface area (Å²) in [6, 6.07) is 7.84. The Kier molecular flexibility index (Phi) is 3.55. The lowest BCUT2D eigenvalue weighted by molar-refractivity contribution is 0.209. The minimum Gasteiger partial charge on any atom is -0.461 e. The van der Waals surface area contributed by atoms with Crippen molar-refractivity contribution in [3.63, 3.8) is 0 Å². The highest BCUT2D eigenvalue weighted by molar-refractivity contribution is 5.83. The van der Waals surface area contributed by atoms with Crippen LogP contribution in [0.4, 0.5) is 4.79 Å². The molecule has 2 amide bonds. The van der Waals surface area contributed by atoms with Crippen LogP contribution in [0.3, 0.4) is 0 Å². The van der Waals surface area contributed by atoms with Crippen molar-refractivity contribution in [3.05, 3.63) is 35.6 Å². The molecule has 0 aliphatic carbocycles. The van der Waals surface area contributed by atoms with E-state index in [1.54, 1.807) is 19.0 Å². The normalized spacial score (nSPS) is 10.6. The number of nitrogens with zero attached hydrogens (tertiary/aromatic N) is 1. The molecule has 0 radical (unpaired) electrons. The summed E-state index contributed by atoms with van der Waals surface area (Å²) in [7, 11) is 3.41. The van der Waals surface area contributed by atoms with Crippen LogP contribution in [0.2, 0.25) is 0 Å². The fourth-order valence-corrected chi connectivity index (χ4v) is 2.11. The Morgan fingerprint density at radius 2 is 2.11 bits per heavy atom. The molecule has 0 bridgehead atoms. The van der Waals surface area contributed by atoms with Crippen LogP contribution >= 0.6 is 0 Å². The van der Waals surface area contributed by atoms with Gasteiger partial charge in [-0.25, -0.2) is 4.79 Å². The van der Waals surface area contributed by atoms with E-state index in [4.69, 9.17) is 4.42 Å². The topological polar surface area (TPSA) is 45.5 Å². The quantitative estimate of drug-likeness (QED) is 0.905. The van der Waals surface area contributed by atoms with Crippen molar-refractivity contribution >= 4 is 17.0 Å². The maximum Gasteiger partial charge on any atom is 0.317 e. The smallest absolute Gasteiger partial charge is 0.317 e. The lowest BCUT2D eigenvalue weighted by atomic mass is 10.1. The molecule has 0 fully saturated rings. The summed E-state index contributed by atoms with van der Waals surface area (Å²) in [5, 5.41) is 3.71. The van der Waals surface area contributed by atoms with Gasteiger partial charge in [-0.05, 0) is 6.07 Å². The number of fused-ring (bicyclic) bond motifs is 1. The number of hydrogen-bond donors (Lipinski definition) is 1. The Morgan fingerprint density at radius 1 is 1.39 bits per heavy atom.